The van der Waals surface area contributed by atoms with Crippen molar-refractivity contribution in [3.8, 4) is 11.5 Å². The van der Waals surface area contributed by atoms with Gasteiger partial charge in [-0.05, 0) is 47.9 Å². The fraction of sp³-hybridized carbons (Fsp3) is 0.150. The van der Waals surface area contributed by atoms with Crippen molar-refractivity contribution < 1.29 is 4.74 Å². The molecule has 0 spiro atoms. The van der Waals surface area contributed by atoms with Gasteiger partial charge in [0, 0.05) is 24.2 Å². The van der Waals surface area contributed by atoms with Gasteiger partial charge >= 0.3 is 0 Å². The van der Waals surface area contributed by atoms with Crippen LogP contribution in [0.15, 0.2) is 71.9 Å². The number of ether oxygens (including phenoxy) is 1. The van der Waals surface area contributed by atoms with Crippen molar-refractivity contribution in [1.29, 1.82) is 0 Å². The molecule has 0 atom stereocenters. The predicted octanol–water partition coefficient (Wildman–Crippen LogP) is 4.76. The van der Waals surface area contributed by atoms with Gasteiger partial charge in [-0.3, -0.25) is 4.98 Å². The van der Waals surface area contributed by atoms with Gasteiger partial charge in [-0.2, -0.15) is 0 Å². The van der Waals surface area contributed by atoms with Gasteiger partial charge in [0.25, 0.3) is 0 Å². The highest BCUT2D eigenvalue weighted by atomic mass is 32.1. The lowest BCUT2D eigenvalue weighted by Gasteiger charge is -2.13. The van der Waals surface area contributed by atoms with Gasteiger partial charge < -0.3 is 10.1 Å². The number of thiol groups is 1. The third-order valence-corrected chi connectivity index (χ3v) is 4.35. The summed E-state index contributed by atoms with van der Waals surface area (Å²) >= 11 is 4.64. The lowest BCUT2D eigenvalue weighted by atomic mass is 10.1. The van der Waals surface area contributed by atoms with Crippen LogP contribution in [-0.4, -0.2) is 4.98 Å². The Morgan fingerprint density at radius 1 is 1.00 bits per heavy atom. The first kappa shape index (κ1) is 16.6. The minimum absolute atomic E-state index is 0.729. The highest BCUT2D eigenvalue weighted by Crippen LogP contribution is 2.28. The molecule has 122 valence electrons. The molecule has 0 saturated carbocycles. The first-order valence-electron chi connectivity index (χ1n) is 7.87. The molecule has 0 bridgehead atoms. The SMILES string of the molecule is Cc1cc(Oc2cccnc2)cc(CNCc2ccccc2)c1S. The van der Waals surface area contributed by atoms with E-state index in [-0.39, 0.29) is 0 Å². The number of rotatable bonds is 6. The summed E-state index contributed by atoms with van der Waals surface area (Å²) in [7, 11) is 0. The second-order valence-corrected chi connectivity index (χ2v) is 6.08. The summed E-state index contributed by atoms with van der Waals surface area (Å²) in [6.45, 7) is 3.60. The zero-order chi connectivity index (χ0) is 16.8. The Labute approximate surface area is 148 Å². The highest BCUT2D eigenvalue weighted by Gasteiger charge is 2.07. The Balaban J connectivity index is 1.70. The average Bonchev–Trinajstić information content (AvgIpc) is 2.61. The molecule has 1 heterocycles. The average molecular weight is 336 g/mol. The fourth-order valence-electron chi connectivity index (χ4n) is 2.49. The van der Waals surface area contributed by atoms with Gasteiger partial charge in [0.05, 0.1) is 6.20 Å². The van der Waals surface area contributed by atoms with Gasteiger partial charge in [-0.15, -0.1) is 12.6 Å². The van der Waals surface area contributed by atoms with Crippen molar-refractivity contribution in [1.82, 2.24) is 10.3 Å². The number of nitrogens with zero attached hydrogens (tertiary/aromatic N) is 1. The minimum atomic E-state index is 0.729. The first-order chi connectivity index (χ1) is 11.7. The van der Waals surface area contributed by atoms with E-state index in [0.29, 0.717) is 0 Å². The van der Waals surface area contributed by atoms with E-state index < -0.39 is 0 Å². The second kappa shape index (κ2) is 7.99. The zero-order valence-corrected chi connectivity index (χ0v) is 14.5. The maximum absolute atomic E-state index is 5.90. The van der Waals surface area contributed by atoms with Crippen molar-refractivity contribution in [2.24, 2.45) is 0 Å². The van der Waals surface area contributed by atoms with E-state index in [1.165, 1.54) is 5.56 Å². The fourth-order valence-corrected chi connectivity index (χ4v) is 2.70. The first-order valence-corrected chi connectivity index (χ1v) is 8.32. The molecule has 0 fully saturated rings. The standard InChI is InChI=1S/C20H20N2OS/c1-15-10-19(23-18-8-5-9-21-14-18)11-17(20(15)24)13-22-12-16-6-3-2-4-7-16/h2-11,14,22,24H,12-13H2,1H3. The molecule has 2 aromatic carbocycles. The Kier molecular flexibility index (Phi) is 5.51. The Morgan fingerprint density at radius 2 is 1.83 bits per heavy atom. The molecule has 3 nitrogen and oxygen atoms in total. The van der Waals surface area contributed by atoms with E-state index in [1.807, 2.05) is 49.4 Å². The van der Waals surface area contributed by atoms with Crippen molar-refractivity contribution >= 4 is 12.6 Å². The van der Waals surface area contributed by atoms with Gasteiger partial charge in [-0.25, -0.2) is 0 Å². The molecule has 0 aliphatic rings. The molecule has 3 aromatic rings. The summed E-state index contributed by atoms with van der Waals surface area (Å²) in [5.74, 6) is 1.53. The number of hydrogen-bond acceptors (Lipinski definition) is 4. The molecule has 1 N–H and O–H groups in total. The van der Waals surface area contributed by atoms with Crippen molar-refractivity contribution in [3.63, 3.8) is 0 Å². The van der Waals surface area contributed by atoms with Gasteiger partial charge in [0.15, 0.2) is 0 Å². The number of hydrogen-bond donors (Lipinski definition) is 2. The lowest BCUT2D eigenvalue weighted by molar-refractivity contribution is 0.478. The molecule has 0 unspecified atom stereocenters. The topological polar surface area (TPSA) is 34.1 Å². The number of nitrogens with one attached hydrogen (secondary N) is 1. The molecule has 0 aliphatic heterocycles. The van der Waals surface area contributed by atoms with Crippen LogP contribution >= 0.6 is 12.6 Å². The van der Waals surface area contributed by atoms with E-state index in [4.69, 9.17) is 4.74 Å². The molecule has 24 heavy (non-hydrogen) atoms. The molecule has 0 radical (unpaired) electrons. The normalized spacial score (nSPS) is 10.6. The minimum Gasteiger partial charge on any atom is -0.456 e. The van der Waals surface area contributed by atoms with Gasteiger partial charge in [-0.1, -0.05) is 30.3 Å². The van der Waals surface area contributed by atoms with Crippen molar-refractivity contribution in [3.05, 3.63) is 83.7 Å². The van der Waals surface area contributed by atoms with Crippen LogP contribution < -0.4 is 10.1 Å². The lowest BCUT2D eigenvalue weighted by Crippen LogP contribution is -2.13. The molecule has 0 amide bonds. The predicted molar refractivity (Wildman–Crippen MR) is 99.7 cm³/mol. The molecule has 1 aromatic heterocycles. The number of benzene rings is 2. The Hall–Kier alpha value is -2.30. The number of pyridine rings is 1. The molecular weight excluding hydrogens is 316 g/mol. The van der Waals surface area contributed by atoms with Crippen LogP contribution in [0.4, 0.5) is 0 Å². The van der Waals surface area contributed by atoms with E-state index in [2.05, 4.69) is 35.1 Å². The second-order valence-electron chi connectivity index (χ2n) is 5.63. The van der Waals surface area contributed by atoms with Crippen LogP contribution in [0.2, 0.25) is 0 Å². The summed E-state index contributed by atoms with van der Waals surface area (Å²) in [6, 6.07) is 18.1. The third kappa shape index (κ3) is 4.37. The largest absolute Gasteiger partial charge is 0.456 e. The summed E-state index contributed by atoms with van der Waals surface area (Å²) in [6.07, 6.45) is 3.44. The third-order valence-electron chi connectivity index (χ3n) is 3.71. The monoisotopic (exact) mass is 336 g/mol. The van der Waals surface area contributed by atoms with E-state index in [9.17, 15) is 0 Å². The van der Waals surface area contributed by atoms with E-state index in [1.54, 1.807) is 12.4 Å². The summed E-state index contributed by atoms with van der Waals surface area (Å²) in [5.41, 5.74) is 3.47. The summed E-state index contributed by atoms with van der Waals surface area (Å²) in [4.78, 5) is 5.07. The molecule has 4 heteroatoms. The van der Waals surface area contributed by atoms with Gasteiger partial charge in [0.2, 0.25) is 0 Å². The van der Waals surface area contributed by atoms with Crippen molar-refractivity contribution in [2.75, 3.05) is 0 Å². The summed E-state index contributed by atoms with van der Waals surface area (Å²) < 4.78 is 5.90. The van der Waals surface area contributed by atoms with Crippen LogP contribution in [-0.2, 0) is 13.1 Å². The quantitative estimate of drug-likeness (QED) is 0.637. The summed E-state index contributed by atoms with van der Waals surface area (Å²) in [5, 5.41) is 3.46. The highest BCUT2D eigenvalue weighted by molar-refractivity contribution is 7.80. The zero-order valence-electron chi connectivity index (χ0n) is 13.6. The smallest absolute Gasteiger partial charge is 0.145 e. The van der Waals surface area contributed by atoms with Crippen LogP contribution in [0, 0.1) is 6.92 Å². The Bertz CT molecular complexity index is 791. The van der Waals surface area contributed by atoms with E-state index in [0.717, 1.165) is 40.6 Å². The van der Waals surface area contributed by atoms with Crippen LogP contribution in [0.1, 0.15) is 16.7 Å². The maximum Gasteiger partial charge on any atom is 0.145 e. The molecule has 0 saturated heterocycles. The van der Waals surface area contributed by atoms with Crippen molar-refractivity contribution in [2.45, 2.75) is 24.9 Å². The molecular formula is C20H20N2OS. The number of aryl methyl sites for hydroxylation is 1. The molecule has 0 aliphatic carbocycles. The Morgan fingerprint density at radius 3 is 2.58 bits per heavy atom. The van der Waals surface area contributed by atoms with Crippen LogP contribution in [0.5, 0.6) is 11.5 Å². The number of aromatic nitrogens is 1. The van der Waals surface area contributed by atoms with E-state index >= 15 is 0 Å². The van der Waals surface area contributed by atoms with Crippen LogP contribution in [0.3, 0.4) is 0 Å². The van der Waals surface area contributed by atoms with Crippen LogP contribution in [0.25, 0.3) is 0 Å². The maximum atomic E-state index is 5.90. The molecule has 3 rings (SSSR count). The van der Waals surface area contributed by atoms with Gasteiger partial charge in [0.1, 0.15) is 11.5 Å².